The number of carbonyl (C=O) groups excluding carboxylic acids is 1. The summed E-state index contributed by atoms with van der Waals surface area (Å²) in [7, 11) is 0. The lowest BCUT2D eigenvalue weighted by molar-refractivity contribution is -0.126. The predicted molar refractivity (Wildman–Crippen MR) is 60.0 cm³/mol. The molecule has 1 nitrogen and oxygen atoms in total. The molecule has 0 amide bonds. The number of rotatable bonds is 2. The molecule has 0 aliphatic heterocycles. The van der Waals surface area contributed by atoms with Crippen LogP contribution in [0, 0.1) is 17.8 Å². The summed E-state index contributed by atoms with van der Waals surface area (Å²) in [6.07, 6.45) is 1.73. The number of carbonyl (C=O) groups is 1. The van der Waals surface area contributed by atoms with Crippen molar-refractivity contribution < 1.29 is 4.79 Å². The Morgan fingerprint density at radius 1 is 1.29 bits per heavy atom. The van der Waals surface area contributed by atoms with Gasteiger partial charge in [-0.1, -0.05) is 31.2 Å². The summed E-state index contributed by atoms with van der Waals surface area (Å²) in [5.74, 6) is 1.26. The first-order valence-electron chi connectivity index (χ1n) is 5.27. The van der Waals surface area contributed by atoms with Gasteiger partial charge in [-0.25, -0.2) is 0 Å². The Hall–Kier alpha value is -0.850. The zero-order valence-electron chi connectivity index (χ0n) is 9.47. The Morgan fingerprint density at radius 3 is 2.29 bits per heavy atom. The van der Waals surface area contributed by atoms with Crippen molar-refractivity contribution in [3.63, 3.8) is 0 Å². The van der Waals surface area contributed by atoms with Crippen LogP contribution in [0.25, 0.3) is 0 Å². The van der Waals surface area contributed by atoms with Crippen molar-refractivity contribution in [1.82, 2.24) is 0 Å². The Bertz CT molecular complexity index is 275. The summed E-state index contributed by atoms with van der Waals surface area (Å²) in [5, 5.41) is 0. The first kappa shape index (κ1) is 11.2. The molecule has 1 fully saturated rings. The molecule has 14 heavy (non-hydrogen) atoms. The summed E-state index contributed by atoms with van der Waals surface area (Å²) in [6, 6.07) is 0. The van der Waals surface area contributed by atoms with Gasteiger partial charge in [-0.15, -0.1) is 0 Å². The SMILES string of the molecule is C=C(C)[C@@H]1CC(=O)[C@@H](C)[C@@H](C(=C)C)C1. The molecule has 0 heterocycles. The van der Waals surface area contributed by atoms with Gasteiger partial charge in [0.15, 0.2) is 0 Å². The van der Waals surface area contributed by atoms with Gasteiger partial charge >= 0.3 is 0 Å². The van der Waals surface area contributed by atoms with Gasteiger partial charge in [0.1, 0.15) is 5.78 Å². The number of ketones is 1. The normalized spacial score (nSPS) is 32.8. The summed E-state index contributed by atoms with van der Waals surface area (Å²) in [4.78, 5) is 11.7. The fraction of sp³-hybridized carbons (Fsp3) is 0.615. The van der Waals surface area contributed by atoms with Gasteiger partial charge in [0.25, 0.3) is 0 Å². The van der Waals surface area contributed by atoms with Crippen molar-refractivity contribution in [2.45, 2.75) is 33.6 Å². The van der Waals surface area contributed by atoms with E-state index in [1.807, 2.05) is 20.8 Å². The molecular weight excluding hydrogens is 172 g/mol. The number of hydrogen-bond acceptors (Lipinski definition) is 1. The molecule has 1 aliphatic rings. The van der Waals surface area contributed by atoms with Crippen molar-refractivity contribution in [2.24, 2.45) is 17.8 Å². The minimum atomic E-state index is 0.156. The van der Waals surface area contributed by atoms with Crippen LogP contribution in [0.5, 0.6) is 0 Å². The topological polar surface area (TPSA) is 17.1 Å². The zero-order valence-corrected chi connectivity index (χ0v) is 9.47. The van der Waals surface area contributed by atoms with Crippen molar-refractivity contribution in [1.29, 1.82) is 0 Å². The third kappa shape index (κ3) is 2.14. The van der Waals surface area contributed by atoms with E-state index in [0.717, 1.165) is 17.6 Å². The molecule has 0 aromatic rings. The van der Waals surface area contributed by atoms with E-state index < -0.39 is 0 Å². The maximum Gasteiger partial charge on any atom is 0.136 e. The Kier molecular flexibility index (Phi) is 3.30. The molecule has 1 heteroatoms. The van der Waals surface area contributed by atoms with Crippen LogP contribution in [0.15, 0.2) is 24.3 Å². The van der Waals surface area contributed by atoms with E-state index in [9.17, 15) is 4.79 Å². The first-order chi connectivity index (χ1) is 6.43. The van der Waals surface area contributed by atoms with E-state index >= 15 is 0 Å². The van der Waals surface area contributed by atoms with E-state index in [4.69, 9.17) is 0 Å². The molecule has 0 radical (unpaired) electrons. The van der Waals surface area contributed by atoms with Gasteiger partial charge in [-0.3, -0.25) is 4.79 Å². The van der Waals surface area contributed by atoms with E-state index in [1.54, 1.807) is 0 Å². The highest BCUT2D eigenvalue weighted by Crippen LogP contribution is 2.37. The highest BCUT2D eigenvalue weighted by Gasteiger charge is 2.34. The molecule has 0 N–H and O–H groups in total. The van der Waals surface area contributed by atoms with Gasteiger partial charge in [-0.05, 0) is 32.1 Å². The van der Waals surface area contributed by atoms with Crippen molar-refractivity contribution in [2.75, 3.05) is 0 Å². The standard InChI is InChI=1S/C13H20O/c1-8(2)11-6-12(9(3)4)10(5)13(14)7-11/h10-12H,1,3,6-7H2,2,4-5H3/t10-,11-,12+/m0/s1. The third-order valence-corrected chi connectivity index (χ3v) is 3.43. The summed E-state index contributed by atoms with van der Waals surface area (Å²) < 4.78 is 0. The van der Waals surface area contributed by atoms with Crippen LogP contribution < -0.4 is 0 Å². The van der Waals surface area contributed by atoms with E-state index in [2.05, 4.69) is 13.2 Å². The zero-order chi connectivity index (χ0) is 10.9. The lowest BCUT2D eigenvalue weighted by Crippen LogP contribution is -2.32. The van der Waals surface area contributed by atoms with E-state index in [1.165, 1.54) is 0 Å². The van der Waals surface area contributed by atoms with E-state index in [0.29, 0.717) is 24.0 Å². The summed E-state index contributed by atoms with van der Waals surface area (Å²) >= 11 is 0. The average molecular weight is 192 g/mol. The Morgan fingerprint density at radius 2 is 1.86 bits per heavy atom. The van der Waals surface area contributed by atoms with Crippen molar-refractivity contribution >= 4 is 5.78 Å². The molecule has 1 aliphatic carbocycles. The Labute approximate surface area is 86.9 Å². The minimum Gasteiger partial charge on any atom is -0.299 e. The van der Waals surface area contributed by atoms with Crippen LogP contribution in [-0.4, -0.2) is 5.78 Å². The lowest BCUT2D eigenvalue weighted by Gasteiger charge is -2.34. The van der Waals surface area contributed by atoms with Crippen LogP contribution in [-0.2, 0) is 4.79 Å². The number of hydrogen-bond donors (Lipinski definition) is 0. The third-order valence-electron chi connectivity index (χ3n) is 3.43. The second-order valence-corrected chi connectivity index (χ2v) is 4.69. The van der Waals surface area contributed by atoms with E-state index in [-0.39, 0.29) is 5.92 Å². The quantitative estimate of drug-likeness (QED) is 0.613. The van der Waals surface area contributed by atoms with Gasteiger partial charge in [-0.2, -0.15) is 0 Å². The molecule has 0 bridgehead atoms. The molecule has 3 atom stereocenters. The van der Waals surface area contributed by atoms with Gasteiger partial charge in [0.05, 0.1) is 0 Å². The monoisotopic (exact) mass is 192 g/mol. The van der Waals surface area contributed by atoms with Crippen molar-refractivity contribution in [3.05, 3.63) is 24.3 Å². The molecule has 0 aromatic heterocycles. The minimum absolute atomic E-state index is 0.156. The lowest BCUT2D eigenvalue weighted by atomic mass is 9.70. The predicted octanol–water partition coefficient (Wildman–Crippen LogP) is 3.37. The second-order valence-electron chi connectivity index (χ2n) is 4.69. The maximum atomic E-state index is 11.7. The van der Waals surface area contributed by atoms with Gasteiger partial charge in [0, 0.05) is 12.3 Å². The Balaban J connectivity index is 2.81. The molecule has 1 saturated carbocycles. The van der Waals surface area contributed by atoms with Crippen LogP contribution in [0.4, 0.5) is 0 Å². The summed E-state index contributed by atoms with van der Waals surface area (Å²) in [6.45, 7) is 14.0. The molecule has 0 saturated heterocycles. The van der Waals surface area contributed by atoms with Crippen LogP contribution in [0.2, 0.25) is 0 Å². The molecule has 0 unspecified atom stereocenters. The largest absolute Gasteiger partial charge is 0.299 e. The molecule has 78 valence electrons. The maximum absolute atomic E-state index is 11.7. The van der Waals surface area contributed by atoms with Crippen LogP contribution in [0.1, 0.15) is 33.6 Å². The number of allylic oxidation sites excluding steroid dienone is 2. The van der Waals surface area contributed by atoms with Crippen LogP contribution >= 0.6 is 0 Å². The van der Waals surface area contributed by atoms with Gasteiger partial charge < -0.3 is 0 Å². The second kappa shape index (κ2) is 4.12. The average Bonchev–Trinajstić information content (AvgIpc) is 2.08. The molecule has 0 spiro atoms. The fourth-order valence-corrected chi connectivity index (χ4v) is 2.25. The van der Waals surface area contributed by atoms with Crippen LogP contribution in [0.3, 0.4) is 0 Å². The highest BCUT2D eigenvalue weighted by molar-refractivity contribution is 5.82. The fourth-order valence-electron chi connectivity index (χ4n) is 2.25. The highest BCUT2D eigenvalue weighted by atomic mass is 16.1. The summed E-state index contributed by atoms with van der Waals surface area (Å²) in [5.41, 5.74) is 2.27. The van der Waals surface area contributed by atoms with Crippen molar-refractivity contribution in [3.8, 4) is 0 Å². The molecular formula is C13H20O. The smallest absolute Gasteiger partial charge is 0.136 e. The first-order valence-corrected chi connectivity index (χ1v) is 5.27. The molecule has 0 aromatic carbocycles. The number of Topliss-reactive ketones (excluding diaryl/α,β-unsaturated/α-hetero) is 1. The van der Waals surface area contributed by atoms with Gasteiger partial charge in [0.2, 0.25) is 0 Å². The molecule has 1 rings (SSSR count).